The fourth-order valence-electron chi connectivity index (χ4n) is 1.54. The number of nitrogens with zero attached hydrogens (tertiary/aromatic N) is 1. The molecule has 1 aromatic carbocycles. The van der Waals surface area contributed by atoms with Crippen LogP contribution in [0.25, 0.3) is 0 Å². The van der Waals surface area contributed by atoms with E-state index in [0.29, 0.717) is 0 Å². The van der Waals surface area contributed by atoms with Crippen molar-refractivity contribution in [3.8, 4) is 0 Å². The zero-order chi connectivity index (χ0) is 11.4. The highest BCUT2D eigenvalue weighted by Gasteiger charge is 2.05. The third-order valence-corrected chi connectivity index (χ3v) is 2.74. The first kappa shape index (κ1) is 11.2. The molecule has 0 aliphatic rings. The van der Waals surface area contributed by atoms with Gasteiger partial charge in [-0.25, -0.2) is 4.98 Å². The summed E-state index contributed by atoms with van der Waals surface area (Å²) < 4.78 is 0. The number of hydrogen-bond donors (Lipinski definition) is 2. The van der Waals surface area contributed by atoms with Gasteiger partial charge < -0.3 is 10.3 Å². The number of hydrogen-bond acceptors (Lipinski definition) is 2. The first-order chi connectivity index (χ1) is 7.75. The molecule has 3 nitrogen and oxygen atoms in total. The molecule has 0 aliphatic heterocycles. The summed E-state index contributed by atoms with van der Waals surface area (Å²) in [5, 5.41) is 4.17. The van der Waals surface area contributed by atoms with E-state index >= 15 is 0 Å². The molecular formula is C12H14ClN3. The van der Waals surface area contributed by atoms with E-state index in [1.807, 2.05) is 24.4 Å². The van der Waals surface area contributed by atoms with Crippen molar-refractivity contribution in [2.45, 2.75) is 19.5 Å². The Morgan fingerprint density at radius 3 is 3.06 bits per heavy atom. The molecule has 84 valence electrons. The van der Waals surface area contributed by atoms with Crippen molar-refractivity contribution in [2.24, 2.45) is 0 Å². The highest BCUT2D eigenvalue weighted by atomic mass is 35.5. The summed E-state index contributed by atoms with van der Waals surface area (Å²) in [7, 11) is 0. The molecule has 0 aliphatic carbocycles. The number of halogens is 1. The second-order valence-electron chi connectivity index (χ2n) is 3.73. The highest BCUT2D eigenvalue weighted by molar-refractivity contribution is 6.30. The number of aromatic amines is 1. The molecule has 1 heterocycles. The Bertz CT molecular complexity index is 439. The molecule has 2 aromatic rings. The van der Waals surface area contributed by atoms with Crippen molar-refractivity contribution >= 4 is 11.6 Å². The Kier molecular flexibility index (Phi) is 3.59. The van der Waals surface area contributed by atoms with Crippen molar-refractivity contribution in [3.05, 3.63) is 53.1 Å². The van der Waals surface area contributed by atoms with Gasteiger partial charge in [0.25, 0.3) is 0 Å². The summed E-state index contributed by atoms with van der Waals surface area (Å²) in [6.45, 7) is 2.88. The molecule has 0 amide bonds. The van der Waals surface area contributed by atoms with Crippen molar-refractivity contribution in [2.75, 3.05) is 0 Å². The van der Waals surface area contributed by atoms with E-state index in [1.54, 1.807) is 6.33 Å². The summed E-state index contributed by atoms with van der Waals surface area (Å²) in [5.74, 6) is 0. The van der Waals surface area contributed by atoms with Gasteiger partial charge in [-0.1, -0.05) is 23.7 Å². The monoisotopic (exact) mass is 235 g/mol. The Morgan fingerprint density at radius 2 is 2.38 bits per heavy atom. The van der Waals surface area contributed by atoms with Crippen LogP contribution in [0.1, 0.15) is 24.2 Å². The van der Waals surface area contributed by atoms with Crippen LogP contribution in [0.3, 0.4) is 0 Å². The molecule has 16 heavy (non-hydrogen) atoms. The molecule has 0 radical (unpaired) electrons. The molecular weight excluding hydrogens is 222 g/mol. The molecule has 0 saturated carbocycles. The molecule has 2 rings (SSSR count). The van der Waals surface area contributed by atoms with Crippen LogP contribution in [-0.2, 0) is 6.54 Å². The van der Waals surface area contributed by atoms with Crippen molar-refractivity contribution in [3.63, 3.8) is 0 Å². The number of nitrogens with one attached hydrogen (secondary N) is 2. The largest absolute Gasteiger partial charge is 0.347 e. The van der Waals surface area contributed by atoms with Gasteiger partial charge >= 0.3 is 0 Å². The fourth-order valence-corrected chi connectivity index (χ4v) is 1.74. The predicted molar refractivity (Wildman–Crippen MR) is 65.3 cm³/mol. The topological polar surface area (TPSA) is 40.7 Å². The van der Waals surface area contributed by atoms with Gasteiger partial charge in [-0.3, -0.25) is 0 Å². The summed E-state index contributed by atoms with van der Waals surface area (Å²) in [6.07, 6.45) is 3.50. The van der Waals surface area contributed by atoms with Crippen LogP contribution in [0.5, 0.6) is 0 Å². The number of benzene rings is 1. The standard InChI is InChI=1S/C12H14ClN3/c1-9(10-3-2-4-11(13)5-10)15-7-12-6-14-8-16-12/h2-6,8-9,15H,7H2,1H3,(H,14,16). The van der Waals surface area contributed by atoms with Gasteiger partial charge in [-0.2, -0.15) is 0 Å². The number of aromatic nitrogens is 2. The lowest BCUT2D eigenvalue weighted by Crippen LogP contribution is -2.18. The van der Waals surface area contributed by atoms with Crippen molar-refractivity contribution in [1.82, 2.24) is 15.3 Å². The van der Waals surface area contributed by atoms with E-state index in [2.05, 4.69) is 28.3 Å². The van der Waals surface area contributed by atoms with E-state index in [4.69, 9.17) is 11.6 Å². The Labute approximate surface area is 99.9 Å². The number of imidazole rings is 1. The van der Waals surface area contributed by atoms with Gasteiger partial charge in [-0.05, 0) is 24.6 Å². The normalized spacial score (nSPS) is 12.6. The van der Waals surface area contributed by atoms with E-state index in [-0.39, 0.29) is 6.04 Å². The van der Waals surface area contributed by atoms with E-state index < -0.39 is 0 Å². The zero-order valence-corrected chi connectivity index (χ0v) is 9.83. The minimum Gasteiger partial charge on any atom is -0.347 e. The first-order valence-electron chi connectivity index (χ1n) is 5.22. The lowest BCUT2D eigenvalue weighted by molar-refractivity contribution is 0.569. The maximum Gasteiger partial charge on any atom is 0.0922 e. The molecule has 0 spiro atoms. The summed E-state index contributed by atoms with van der Waals surface area (Å²) in [5.41, 5.74) is 2.26. The summed E-state index contributed by atoms with van der Waals surface area (Å²) in [6, 6.07) is 8.16. The van der Waals surface area contributed by atoms with Crippen molar-refractivity contribution < 1.29 is 0 Å². The molecule has 1 aromatic heterocycles. The van der Waals surface area contributed by atoms with Gasteiger partial charge in [0.15, 0.2) is 0 Å². The van der Waals surface area contributed by atoms with E-state index in [9.17, 15) is 0 Å². The molecule has 2 N–H and O–H groups in total. The second-order valence-corrected chi connectivity index (χ2v) is 4.17. The highest BCUT2D eigenvalue weighted by Crippen LogP contribution is 2.17. The van der Waals surface area contributed by atoms with Gasteiger partial charge in [-0.15, -0.1) is 0 Å². The smallest absolute Gasteiger partial charge is 0.0922 e. The lowest BCUT2D eigenvalue weighted by Gasteiger charge is -2.13. The third kappa shape index (κ3) is 2.84. The molecule has 1 atom stereocenters. The van der Waals surface area contributed by atoms with Gasteiger partial charge in [0, 0.05) is 29.5 Å². The minimum absolute atomic E-state index is 0.266. The first-order valence-corrected chi connectivity index (χ1v) is 5.59. The molecule has 0 bridgehead atoms. The van der Waals surface area contributed by atoms with Crippen LogP contribution in [0.2, 0.25) is 5.02 Å². The van der Waals surface area contributed by atoms with Crippen LogP contribution in [0.15, 0.2) is 36.8 Å². The Balaban J connectivity index is 1.95. The van der Waals surface area contributed by atoms with E-state index in [1.165, 1.54) is 5.56 Å². The maximum absolute atomic E-state index is 5.94. The average molecular weight is 236 g/mol. The second kappa shape index (κ2) is 5.14. The zero-order valence-electron chi connectivity index (χ0n) is 9.07. The maximum atomic E-state index is 5.94. The average Bonchev–Trinajstić information content (AvgIpc) is 2.78. The fraction of sp³-hybridized carbons (Fsp3) is 0.250. The molecule has 0 fully saturated rings. The van der Waals surface area contributed by atoms with Gasteiger partial charge in [0.1, 0.15) is 0 Å². The molecule has 1 unspecified atom stereocenters. The Morgan fingerprint density at radius 1 is 1.50 bits per heavy atom. The van der Waals surface area contributed by atoms with Gasteiger partial charge in [0.2, 0.25) is 0 Å². The van der Waals surface area contributed by atoms with Crippen LogP contribution in [0.4, 0.5) is 0 Å². The SMILES string of the molecule is CC(NCc1cnc[nH]1)c1cccc(Cl)c1. The summed E-state index contributed by atoms with van der Waals surface area (Å²) >= 11 is 5.94. The quantitative estimate of drug-likeness (QED) is 0.856. The number of rotatable bonds is 4. The van der Waals surface area contributed by atoms with E-state index in [0.717, 1.165) is 17.3 Å². The van der Waals surface area contributed by atoms with Gasteiger partial charge in [0.05, 0.1) is 6.33 Å². The summed E-state index contributed by atoms with van der Waals surface area (Å²) in [4.78, 5) is 7.03. The molecule has 0 saturated heterocycles. The number of H-pyrrole nitrogens is 1. The van der Waals surface area contributed by atoms with Crippen LogP contribution in [-0.4, -0.2) is 9.97 Å². The molecule has 4 heteroatoms. The Hall–Kier alpha value is -1.32. The van der Waals surface area contributed by atoms with Crippen LogP contribution < -0.4 is 5.32 Å². The predicted octanol–water partition coefficient (Wildman–Crippen LogP) is 2.91. The minimum atomic E-state index is 0.266. The third-order valence-electron chi connectivity index (χ3n) is 2.50. The van der Waals surface area contributed by atoms with Crippen molar-refractivity contribution in [1.29, 1.82) is 0 Å². The van der Waals surface area contributed by atoms with Crippen LogP contribution in [0, 0.1) is 0 Å². The lowest BCUT2D eigenvalue weighted by atomic mass is 10.1. The van der Waals surface area contributed by atoms with Crippen LogP contribution >= 0.6 is 11.6 Å².